The molecule has 0 aliphatic carbocycles. The molecule has 4 nitrogen and oxygen atoms in total. The number of nitrogens with one attached hydrogen (secondary N) is 1. The first kappa shape index (κ1) is 16.2. The van der Waals surface area contributed by atoms with Crippen LogP contribution in [0.3, 0.4) is 0 Å². The lowest BCUT2D eigenvalue weighted by atomic mass is 10.0. The third-order valence-electron chi connectivity index (χ3n) is 3.22. The van der Waals surface area contributed by atoms with Gasteiger partial charge in [-0.05, 0) is 31.0 Å². The molecule has 1 atom stereocenters. The molecule has 0 saturated carbocycles. The van der Waals surface area contributed by atoms with Crippen molar-refractivity contribution in [2.45, 2.75) is 25.1 Å². The number of hydrogen-bond donors (Lipinski definition) is 1. The fourth-order valence-corrected chi connectivity index (χ4v) is 2.79. The molecular weight excluding hydrogens is 402 g/mol. The van der Waals surface area contributed by atoms with Crippen LogP contribution in [0.1, 0.15) is 18.1 Å². The number of aromatic amines is 1. The van der Waals surface area contributed by atoms with E-state index in [1.54, 1.807) is 12.1 Å². The Balaban J connectivity index is 2.52. The molecule has 1 unspecified atom stereocenters. The summed E-state index contributed by atoms with van der Waals surface area (Å²) in [5.74, 6) is 0.0427. The molecule has 1 heterocycles. The maximum atomic E-state index is 12.2. The zero-order valence-corrected chi connectivity index (χ0v) is 14.9. The van der Waals surface area contributed by atoms with Crippen LogP contribution in [0.25, 0.3) is 10.9 Å². The molecule has 0 saturated heterocycles. The van der Waals surface area contributed by atoms with E-state index in [1.807, 2.05) is 13.0 Å². The molecule has 1 aromatic heterocycles. The summed E-state index contributed by atoms with van der Waals surface area (Å²) >= 11 is 6.92. The number of aromatic nitrogens is 1. The van der Waals surface area contributed by atoms with E-state index in [4.69, 9.17) is 4.74 Å². The number of halogens is 2. The first-order valence-electron chi connectivity index (χ1n) is 6.46. The molecule has 21 heavy (non-hydrogen) atoms. The summed E-state index contributed by atoms with van der Waals surface area (Å²) in [6, 6.07) is 5.26. The maximum absolute atomic E-state index is 12.2. The van der Waals surface area contributed by atoms with Gasteiger partial charge in [-0.15, -0.1) is 0 Å². The summed E-state index contributed by atoms with van der Waals surface area (Å²) in [6.07, 6.45) is 0.647. The van der Waals surface area contributed by atoms with Crippen molar-refractivity contribution in [3.63, 3.8) is 0 Å². The molecule has 0 bridgehead atoms. The van der Waals surface area contributed by atoms with Gasteiger partial charge in [-0.3, -0.25) is 9.59 Å². The predicted octanol–water partition coefficient (Wildman–Crippen LogP) is 3.46. The predicted molar refractivity (Wildman–Crippen MR) is 90.8 cm³/mol. The van der Waals surface area contributed by atoms with Gasteiger partial charge < -0.3 is 9.72 Å². The Morgan fingerprint density at radius 1 is 1.43 bits per heavy atom. The van der Waals surface area contributed by atoms with Crippen LogP contribution in [-0.4, -0.2) is 21.1 Å². The number of hydrogen-bond acceptors (Lipinski definition) is 3. The molecule has 2 aromatic rings. The standard InChI is InChI=1S/C15H15Br2NO3/c1-8-12-4-3-11(21-9(2)19)6-14(12)18-15(20)13(8)5-10(17)7-16/h3-4,6,10H,5,7H2,1-2H3,(H,18,20). The van der Waals surface area contributed by atoms with Crippen molar-refractivity contribution >= 4 is 48.7 Å². The van der Waals surface area contributed by atoms with Gasteiger partial charge in [0.2, 0.25) is 0 Å². The molecule has 1 aromatic carbocycles. The quantitative estimate of drug-likeness (QED) is 0.471. The summed E-state index contributed by atoms with van der Waals surface area (Å²) in [6.45, 7) is 3.28. The summed E-state index contributed by atoms with van der Waals surface area (Å²) in [5.41, 5.74) is 2.29. The van der Waals surface area contributed by atoms with Crippen LogP contribution in [0.5, 0.6) is 5.75 Å². The van der Waals surface area contributed by atoms with Gasteiger partial charge in [0, 0.05) is 34.1 Å². The first-order chi connectivity index (χ1) is 9.92. The minimum Gasteiger partial charge on any atom is -0.427 e. The van der Waals surface area contributed by atoms with Crippen molar-refractivity contribution in [1.29, 1.82) is 0 Å². The van der Waals surface area contributed by atoms with Crippen molar-refractivity contribution in [2.75, 3.05) is 5.33 Å². The van der Waals surface area contributed by atoms with Crippen LogP contribution in [0.4, 0.5) is 0 Å². The molecule has 0 aliphatic rings. The Morgan fingerprint density at radius 2 is 2.14 bits per heavy atom. The molecule has 1 N–H and O–H groups in total. The number of benzene rings is 1. The number of pyridine rings is 1. The van der Waals surface area contributed by atoms with Gasteiger partial charge >= 0.3 is 5.97 Å². The second kappa shape index (κ2) is 6.75. The molecule has 0 aliphatic heterocycles. The van der Waals surface area contributed by atoms with Gasteiger partial charge in [-0.25, -0.2) is 0 Å². The second-order valence-electron chi connectivity index (χ2n) is 4.81. The number of carbonyl (C=O) groups is 1. The number of aryl methyl sites for hydroxylation is 1. The fourth-order valence-electron chi connectivity index (χ4n) is 2.24. The summed E-state index contributed by atoms with van der Waals surface area (Å²) in [7, 11) is 0. The number of fused-ring (bicyclic) bond motifs is 1. The van der Waals surface area contributed by atoms with Gasteiger partial charge in [-0.2, -0.15) is 0 Å². The van der Waals surface area contributed by atoms with E-state index >= 15 is 0 Å². The number of alkyl halides is 2. The molecule has 2 rings (SSSR count). The summed E-state index contributed by atoms with van der Waals surface area (Å²) in [4.78, 5) is 26.3. The topological polar surface area (TPSA) is 59.2 Å². The van der Waals surface area contributed by atoms with Crippen LogP contribution in [0.15, 0.2) is 23.0 Å². The Kier molecular flexibility index (Phi) is 5.22. The lowest BCUT2D eigenvalue weighted by molar-refractivity contribution is -0.131. The third-order valence-corrected chi connectivity index (χ3v) is 5.52. The molecule has 112 valence electrons. The third kappa shape index (κ3) is 3.74. The van der Waals surface area contributed by atoms with Gasteiger partial charge in [-0.1, -0.05) is 31.9 Å². The molecule has 0 amide bonds. The van der Waals surface area contributed by atoms with Crippen LogP contribution < -0.4 is 10.3 Å². The van der Waals surface area contributed by atoms with Crippen molar-refractivity contribution in [3.8, 4) is 5.75 Å². The maximum Gasteiger partial charge on any atom is 0.308 e. The largest absolute Gasteiger partial charge is 0.427 e. The van der Waals surface area contributed by atoms with Crippen LogP contribution in [-0.2, 0) is 11.2 Å². The SMILES string of the molecule is CC(=O)Oc1ccc2c(C)c(CC(Br)CBr)c(=O)[nH]c2c1. The molecule has 6 heteroatoms. The van der Waals surface area contributed by atoms with Crippen LogP contribution in [0, 0.1) is 6.92 Å². The van der Waals surface area contributed by atoms with Crippen LogP contribution in [0.2, 0.25) is 0 Å². The Labute approximate surface area is 139 Å². The van der Waals surface area contributed by atoms with Crippen molar-refractivity contribution < 1.29 is 9.53 Å². The zero-order chi connectivity index (χ0) is 15.6. The molecular formula is C15H15Br2NO3. The molecule has 0 fully saturated rings. The number of rotatable bonds is 4. The van der Waals surface area contributed by atoms with E-state index in [1.165, 1.54) is 6.92 Å². The Morgan fingerprint density at radius 3 is 2.76 bits per heavy atom. The monoisotopic (exact) mass is 415 g/mol. The molecule has 0 spiro atoms. The minimum atomic E-state index is -0.385. The number of H-pyrrole nitrogens is 1. The molecule has 0 radical (unpaired) electrons. The first-order valence-corrected chi connectivity index (χ1v) is 8.50. The average Bonchev–Trinajstić information content (AvgIpc) is 2.42. The zero-order valence-electron chi connectivity index (χ0n) is 11.7. The summed E-state index contributed by atoms with van der Waals surface area (Å²) < 4.78 is 5.04. The van der Waals surface area contributed by atoms with E-state index < -0.39 is 0 Å². The highest BCUT2D eigenvalue weighted by atomic mass is 79.9. The van der Waals surface area contributed by atoms with E-state index in [9.17, 15) is 9.59 Å². The smallest absolute Gasteiger partial charge is 0.308 e. The van der Waals surface area contributed by atoms with Crippen molar-refractivity contribution in [3.05, 3.63) is 39.7 Å². The number of carbonyl (C=O) groups excluding carboxylic acids is 1. The van der Waals surface area contributed by atoms with Crippen molar-refractivity contribution in [2.24, 2.45) is 0 Å². The second-order valence-corrected chi connectivity index (χ2v) is 6.76. The highest BCUT2D eigenvalue weighted by Crippen LogP contribution is 2.24. The average molecular weight is 417 g/mol. The van der Waals surface area contributed by atoms with Gasteiger partial charge in [0.25, 0.3) is 5.56 Å². The van der Waals surface area contributed by atoms with E-state index in [-0.39, 0.29) is 16.4 Å². The normalized spacial score (nSPS) is 12.4. The Hall–Kier alpha value is -1.14. The summed E-state index contributed by atoms with van der Waals surface area (Å²) in [5, 5.41) is 1.73. The lowest BCUT2D eigenvalue weighted by Crippen LogP contribution is -2.19. The fraction of sp³-hybridized carbons (Fsp3) is 0.333. The highest BCUT2D eigenvalue weighted by Gasteiger charge is 2.13. The van der Waals surface area contributed by atoms with Crippen LogP contribution >= 0.6 is 31.9 Å². The lowest BCUT2D eigenvalue weighted by Gasteiger charge is -2.12. The van der Waals surface area contributed by atoms with Gasteiger partial charge in [0.05, 0.1) is 5.52 Å². The number of esters is 1. The number of ether oxygens (including phenoxy) is 1. The van der Waals surface area contributed by atoms with E-state index in [2.05, 4.69) is 36.8 Å². The Bertz CT molecular complexity index is 740. The highest BCUT2D eigenvalue weighted by molar-refractivity contribution is 9.12. The minimum absolute atomic E-state index is 0.106. The van der Waals surface area contributed by atoms with E-state index in [0.29, 0.717) is 17.7 Å². The van der Waals surface area contributed by atoms with Gasteiger partial charge in [0.1, 0.15) is 5.75 Å². The van der Waals surface area contributed by atoms with E-state index in [0.717, 1.165) is 21.8 Å². The van der Waals surface area contributed by atoms with Gasteiger partial charge in [0.15, 0.2) is 0 Å². The van der Waals surface area contributed by atoms with Crippen molar-refractivity contribution in [1.82, 2.24) is 4.98 Å².